The minimum Gasteiger partial charge on any atom is -0.512 e. The molecule has 0 amide bonds. The zero-order valence-corrected chi connectivity index (χ0v) is 27.3. The van der Waals surface area contributed by atoms with Crippen LogP contribution in [0, 0.1) is 6.07 Å². The minimum atomic E-state index is -2.13. The summed E-state index contributed by atoms with van der Waals surface area (Å²) in [5.41, 5.74) is 2.99. The predicted octanol–water partition coefficient (Wildman–Crippen LogP) is 7.42. The second-order valence-electron chi connectivity index (χ2n) is 9.26. The summed E-state index contributed by atoms with van der Waals surface area (Å²) in [5, 5.41) is 13.4. The number of para-hydroxylation sites is 1. The van der Waals surface area contributed by atoms with Crippen molar-refractivity contribution in [3.8, 4) is 11.3 Å². The van der Waals surface area contributed by atoms with E-state index in [4.69, 9.17) is 21.9 Å². The van der Waals surface area contributed by atoms with Gasteiger partial charge in [-0.1, -0.05) is 93.6 Å². The number of benzene rings is 4. The van der Waals surface area contributed by atoms with Crippen LogP contribution in [0.3, 0.4) is 0 Å². The van der Waals surface area contributed by atoms with Gasteiger partial charge in [0.2, 0.25) is 0 Å². The van der Waals surface area contributed by atoms with Gasteiger partial charge in [0.05, 0.1) is 11.3 Å². The maximum Gasteiger partial charge on any atom is 0.155 e. The number of ketones is 1. The molecule has 1 unspecified atom stereocenters. The maximum atomic E-state index is 10.0. The summed E-state index contributed by atoms with van der Waals surface area (Å²) < 4.78 is 0. The molecule has 7 rings (SSSR count). The number of rotatable bonds is 2. The molecule has 4 aromatic carbocycles. The molecule has 2 aliphatic heterocycles. The van der Waals surface area contributed by atoms with Gasteiger partial charge in [0.1, 0.15) is 0 Å². The molecule has 201 valence electrons. The summed E-state index contributed by atoms with van der Waals surface area (Å²) in [4.78, 5) is 19.9. The molecule has 0 saturated carbocycles. The fourth-order valence-corrected chi connectivity index (χ4v) is 14.0. The summed E-state index contributed by atoms with van der Waals surface area (Å²) in [5.74, 6) is -0.0625. The molecule has 1 atom stereocenters. The van der Waals surface area contributed by atoms with E-state index in [1.165, 1.54) is 50.5 Å². The Bertz CT molecular complexity index is 1790. The number of aromatic nitrogens is 1. The second kappa shape index (κ2) is 11.8. The zero-order chi connectivity index (χ0) is 27.1. The molecular formula is C32H23IrNO2PS3-. The molecule has 8 heteroatoms. The van der Waals surface area contributed by atoms with Crippen molar-refractivity contribution >= 4 is 74.0 Å². The number of hydrogen-bond acceptors (Lipinski definition) is 6. The first-order chi connectivity index (χ1) is 18.8. The van der Waals surface area contributed by atoms with Gasteiger partial charge in [-0.15, -0.1) is 41.2 Å². The number of pyridine rings is 1. The van der Waals surface area contributed by atoms with Crippen LogP contribution < -0.4 is 15.9 Å². The Morgan fingerprint density at radius 1 is 0.875 bits per heavy atom. The molecule has 1 radical (unpaired) electrons. The average Bonchev–Trinajstić information content (AvgIpc) is 2.92. The van der Waals surface area contributed by atoms with Gasteiger partial charge in [0, 0.05) is 42.0 Å². The average molecular weight is 773 g/mol. The number of allylic oxidation sites excluding steroid dienone is 2. The Labute approximate surface area is 260 Å². The number of aliphatic hydroxyl groups excluding tert-OH is 1. The molecule has 2 aliphatic rings. The smallest absolute Gasteiger partial charge is 0.155 e. The molecule has 0 fully saturated rings. The van der Waals surface area contributed by atoms with E-state index in [0.29, 0.717) is 0 Å². The summed E-state index contributed by atoms with van der Waals surface area (Å²) in [7, 11) is 0. The third-order valence-corrected chi connectivity index (χ3v) is 14.2. The minimum absolute atomic E-state index is 0. The molecule has 1 N–H and O–H groups in total. The van der Waals surface area contributed by atoms with E-state index >= 15 is 0 Å². The van der Waals surface area contributed by atoms with E-state index in [9.17, 15) is 4.79 Å². The van der Waals surface area contributed by atoms with Crippen LogP contribution in [-0.2, 0) is 36.7 Å². The van der Waals surface area contributed by atoms with Gasteiger partial charge in [0.15, 0.2) is 5.78 Å². The third-order valence-electron chi connectivity index (χ3n) is 6.41. The van der Waals surface area contributed by atoms with Gasteiger partial charge >= 0.3 is 0 Å². The third kappa shape index (κ3) is 5.27. The Balaban J connectivity index is 0.000000362. The topological polar surface area (TPSA) is 50.2 Å². The number of carbonyl (C=O) groups excluding carboxylic acids is 1. The van der Waals surface area contributed by atoms with Crippen LogP contribution in [0.4, 0.5) is 0 Å². The molecule has 0 spiro atoms. The summed E-state index contributed by atoms with van der Waals surface area (Å²) >= 11 is 10.3. The predicted molar refractivity (Wildman–Crippen MR) is 167 cm³/mol. The first kappa shape index (κ1) is 29.0. The summed E-state index contributed by atoms with van der Waals surface area (Å²) in [6, 6.07) is 33.7. The van der Waals surface area contributed by atoms with Crippen LogP contribution in [0.15, 0.2) is 122 Å². The second-order valence-corrected chi connectivity index (χ2v) is 15.7. The molecule has 1 aromatic heterocycles. The molecule has 0 aliphatic carbocycles. The van der Waals surface area contributed by atoms with Gasteiger partial charge in [-0.2, -0.15) is 0 Å². The normalized spacial score (nSPS) is 16.4. The molecule has 3 heterocycles. The Morgan fingerprint density at radius 2 is 1.50 bits per heavy atom. The van der Waals surface area contributed by atoms with E-state index in [2.05, 4.69) is 84.9 Å². The molecule has 5 aromatic rings. The van der Waals surface area contributed by atoms with E-state index < -0.39 is 6.04 Å². The van der Waals surface area contributed by atoms with Crippen molar-refractivity contribution in [2.24, 2.45) is 0 Å². The van der Waals surface area contributed by atoms with Gasteiger partial charge in [-0.3, -0.25) is 9.78 Å². The van der Waals surface area contributed by atoms with E-state index in [1.54, 1.807) is 11.8 Å². The fourth-order valence-electron chi connectivity index (χ4n) is 4.83. The quantitative estimate of drug-likeness (QED) is 0.0855. The SMILES string of the molecule is CC(=O)/C=C(/C)O.S=P12c3ccccc3Sc3[c-]c(-c4ccc5ccccc5n4)cc(c31)Sc1ccccc12.[Ir]. The van der Waals surface area contributed by atoms with Crippen molar-refractivity contribution in [1.29, 1.82) is 0 Å². The largest absolute Gasteiger partial charge is 0.512 e. The van der Waals surface area contributed by atoms with E-state index in [0.717, 1.165) is 27.1 Å². The first-order valence-electron chi connectivity index (χ1n) is 12.3. The monoisotopic (exact) mass is 773 g/mol. The van der Waals surface area contributed by atoms with Gasteiger partial charge < -0.3 is 5.11 Å². The standard InChI is InChI=1S/C27H15NPS3.C5H8O2.Ir/c30-29-21-9-3-5-11-23(21)31-25-15-18(20-14-13-17-7-1-2-8-19(17)28-20)16-26(27(25)29)32-24-12-6-4-10-22(24)29;1-4(6)3-5(2)7;/h1-15H;3,6H,1-2H3;/q-1;;/b;4-3-;. The number of nitrogens with zero attached hydrogens (tertiary/aromatic N) is 1. The van der Waals surface area contributed by atoms with Crippen LogP contribution in [0.5, 0.6) is 0 Å². The first-order valence-corrected chi connectivity index (χ1v) is 16.8. The molecule has 0 bridgehead atoms. The van der Waals surface area contributed by atoms with Crippen molar-refractivity contribution < 1.29 is 30.0 Å². The van der Waals surface area contributed by atoms with Gasteiger partial charge in [0.25, 0.3) is 0 Å². The van der Waals surface area contributed by atoms with E-state index in [-0.39, 0.29) is 31.6 Å². The van der Waals surface area contributed by atoms with Crippen LogP contribution in [0.1, 0.15) is 13.8 Å². The van der Waals surface area contributed by atoms with Crippen molar-refractivity contribution in [2.75, 3.05) is 0 Å². The van der Waals surface area contributed by atoms with E-state index in [1.807, 2.05) is 23.9 Å². The van der Waals surface area contributed by atoms with Crippen LogP contribution in [0.25, 0.3) is 22.2 Å². The molecular weight excluding hydrogens is 750 g/mol. The van der Waals surface area contributed by atoms with Gasteiger partial charge in [-0.05, 0) is 53.7 Å². The van der Waals surface area contributed by atoms with Crippen LogP contribution in [0.2, 0.25) is 0 Å². The molecule has 40 heavy (non-hydrogen) atoms. The summed E-state index contributed by atoms with van der Waals surface area (Å²) in [6.07, 6.45) is 1.17. The Morgan fingerprint density at radius 3 is 2.15 bits per heavy atom. The number of aliphatic hydroxyl groups is 1. The Hall–Kier alpha value is -2.50. The number of hydrogen-bond donors (Lipinski definition) is 1. The van der Waals surface area contributed by atoms with Crippen molar-refractivity contribution in [2.45, 2.75) is 33.4 Å². The van der Waals surface area contributed by atoms with Crippen molar-refractivity contribution in [3.63, 3.8) is 0 Å². The Kier molecular flexibility index (Phi) is 8.54. The fraction of sp³-hybridized carbons (Fsp3) is 0.0625. The number of carbonyl (C=O) groups is 1. The summed E-state index contributed by atoms with van der Waals surface area (Å²) in [6.45, 7) is 2.85. The molecule has 0 saturated heterocycles. The van der Waals surface area contributed by atoms with Crippen molar-refractivity contribution in [3.05, 3.63) is 109 Å². The van der Waals surface area contributed by atoms with Crippen LogP contribution in [-0.4, -0.2) is 15.9 Å². The number of fused-ring (bicyclic) bond motifs is 5. The maximum absolute atomic E-state index is 10.0. The van der Waals surface area contributed by atoms with Crippen molar-refractivity contribution in [1.82, 2.24) is 4.98 Å². The zero-order valence-electron chi connectivity index (χ0n) is 21.5. The van der Waals surface area contributed by atoms with Gasteiger partial charge in [-0.25, -0.2) is 0 Å². The molecule has 3 nitrogen and oxygen atoms in total. The van der Waals surface area contributed by atoms with Crippen LogP contribution >= 0.6 is 29.6 Å².